The van der Waals surface area contributed by atoms with Gasteiger partial charge in [-0.15, -0.1) is 10.2 Å². The summed E-state index contributed by atoms with van der Waals surface area (Å²) in [5, 5.41) is 18.3. The van der Waals surface area contributed by atoms with E-state index in [1.54, 1.807) is 12.1 Å². The van der Waals surface area contributed by atoms with Gasteiger partial charge in [-0.25, -0.2) is 0 Å². The zero-order chi connectivity index (χ0) is 19.6. The fourth-order valence-corrected chi connectivity index (χ4v) is 2.96. The Morgan fingerprint density at radius 1 is 1.07 bits per heavy atom. The Kier molecular flexibility index (Phi) is 5.31. The molecule has 0 radical (unpaired) electrons. The average Bonchev–Trinajstić information content (AvgIpc) is 2.99. The van der Waals surface area contributed by atoms with Gasteiger partial charge in [-0.3, -0.25) is 4.79 Å². The van der Waals surface area contributed by atoms with Gasteiger partial charge >= 0.3 is 0 Å². The standard InChI is InChI=1S/C18H16BrN3O5/c1-25-13-6-9(7-14(26-2)16(13)27-3)17(23)22-21-15-11-8-10(19)4-5-12(11)20-18(15)24/h4-8,20,24H,1-3H3. The van der Waals surface area contributed by atoms with Crippen LogP contribution < -0.4 is 14.2 Å². The molecule has 2 aromatic carbocycles. The Morgan fingerprint density at radius 3 is 2.33 bits per heavy atom. The van der Waals surface area contributed by atoms with Crippen molar-refractivity contribution in [1.29, 1.82) is 0 Å². The van der Waals surface area contributed by atoms with Crippen LogP contribution in [0.1, 0.15) is 10.4 Å². The highest BCUT2D eigenvalue weighted by atomic mass is 79.9. The van der Waals surface area contributed by atoms with E-state index in [1.165, 1.54) is 33.5 Å². The first kappa shape index (κ1) is 18.7. The summed E-state index contributed by atoms with van der Waals surface area (Å²) in [7, 11) is 4.38. The summed E-state index contributed by atoms with van der Waals surface area (Å²) in [6.07, 6.45) is 0. The maximum Gasteiger partial charge on any atom is 0.295 e. The van der Waals surface area contributed by atoms with Crippen LogP contribution in [0.15, 0.2) is 45.0 Å². The molecule has 9 heteroatoms. The number of fused-ring (bicyclic) bond motifs is 1. The van der Waals surface area contributed by atoms with Crippen LogP contribution in [0.2, 0.25) is 0 Å². The minimum absolute atomic E-state index is 0.173. The zero-order valence-electron chi connectivity index (χ0n) is 14.7. The number of H-pyrrole nitrogens is 1. The van der Waals surface area contributed by atoms with Crippen LogP contribution in [-0.4, -0.2) is 37.3 Å². The summed E-state index contributed by atoms with van der Waals surface area (Å²) in [4.78, 5) is 15.3. The number of amides is 1. The van der Waals surface area contributed by atoms with Gasteiger partial charge in [0, 0.05) is 9.86 Å². The highest BCUT2D eigenvalue weighted by Gasteiger charge is 2.17. The second kappa shape index (κ2) is 7.67. The third kappa shape index (κ3) is 3.59. The highest BCUT2D eigenvalue weighted by molar-refractivity contribution is 9.10. The number of carbonyl (C=O) groups is 1. The quantitative estimate of drug-likeness (QED) is 0.572. The molecule has 0 saturated heterocycles. The van der Waals surface area contributed by atoms with Gasteiger partial charge in [0.1, 0.15) is 0 Å². The number of methoxy groups -OCH3 is 3. The van der Waals surface area contributed by atoms with E-state index in [4.69, 9.17) is 14.2 Å². The number of rotatable bonds is 5. The van der Waals surface area contributed by atoms with Crippen LogP contribution in [-0.2, 0) is 0 Å². The number of azo groups is 1. The molecule has 0 atom stereocenters. The van der Waals surface area contributed by atoms with E-state index in [2.05, 4.69) is 31.1 Å². The number of benzene rings is 2. The summed E-state index contributed by atoms with van der Waals surface area (Å²) in [5.41, 5.74) is 1.05. The van der Waals surface area contributed by atoms with E-state index in [0.29, 0.717) is 28.2 Å². The molecule has 0 unspecified atom stereocenters. The normalized spacial score (nSPS) is 11.1. The number of aromatic amines is 1. The van der Waals surface area contributed by atoms with Crippen LogP contribution in [0, 0.1) is 0 Å². The fraction of sp³-hybridized carbons (Fsp3) is 0.167. The molecule has 0 spiro atoms. The molecule has 3 aromatic rings. The molecule has 140 valence electrons. The van der Waals surface area contributed by atoms with E-state index < -0.39 is 5.91 Å². The largest absolute Gasteiger partial charge is 0.493 e. The molecule has 1 amide bonds. The van der Waals surface area contributed by atoms with Crippen molar-refractivity contribution in [1.82, 2.24) is 4.98 Å². The molecule has 27 heavy (non-hydrogen) atoms. The van der Waals surface area contributed by atoms with Crippen LogP contribution in [0.25, 0.3) is 10.9 Å². The second-order valence-corrected chi connectivity index (χ2v) is 6.35. The van der Waals surface area contributed by atoms with Gasteiger partial charge in [-0.05, 0) is 30.3 Å². The summed E-state index contributed by atoms with van der Waals surface area (Å²) in [6, 6.07) is 8.33. The number of nitrogens with one attached hydrogen (secondary N) is 1. The smallest absolute Gasteiger partial charge is 0.295 e. The van der Waals surface area contributed by atoms with E-state index in [9.17, 15) is 9.90 Å². The van der Waals surface area contributed by atoms with Gasteiger partial charge in [-0.1, -0.05) is 15.9 Å². The maximum atomic E-state index is 12.5. The third-order valence-corrected chi connectivity index (χ3v) is 4.36. The Bertz CT molecular complexity index is 1020. The maximum absolute atomic E-state index is 12.5. The lowest BCUT2D eigenvalue weighted by Crippen LogP contribution is -2.00. The van der Waals surface area contributed by atoms with Crippen molar-refractivity contribution >= 4 is 38.4 Å². The molecule has 0 aliphatic heterocycles. The Labute approximate surface area is 162 Å². The van der Waals surface area contributed by atoms with Gasteiger partial charge < -0.3 is 24.3 Å². The van der Waals surface area contributed by atoms with Gasteiger partial charge in [0.15, 0.2) is 17.2 Å². The predicted octanol–water partition coefficient (Wildman–Crippen LogP) is 4.59. The van der Waals surface area contributed by atoms with E-state index in [-0.39, 0.29) is 17.1 Å². The Morgan fingerprint density at radius 2 is 1.74 bits per heavy atom. The summed E-state index contributed by atoms with van der Waals surface area (Å²) in [5.74, 6) is 0.221. The van der Waals surface area contributed by atoms with E-state index in [0.717, 1.165) is 4.47 Å². The van der Waals surface area contributed by atoms with Crippen LogP contribution in [0.3, 0.4) is 0 Å². The van der Waals surface area contributed by atoms with Crippen molar-refractivity contribution in [2.45, 2.75) is 0 Å². The number of aromatic nitrogens is 1. The summed E-state index contributed by atoms with van der Waals surface area (Å²) < 4.78 is 16.5. The molecule has 1 aromatic heterocycles. The van der Waals surface area contributed by atoms with Crippen molar-refractivity contribution in [2.75, 3.05) is 21.3 Å². The first-order chi connectivity index (χ1) is 13.0. The van der Waals surface area contributed by atoms with Crippen LogP contribution in [0.5, 0.6) is 23.1 Å². The molecule has 0 aliphatic rings. The van der Waals surface area contributed by atoms with Crippen LogP contribution >= 0.6 is 15.9 Å². The second-order valence-electron chi connectivity index (χ2n) is 5.43. The minimum atomic E-state index is -0.627. The molecule has 0 saturated carbocycles. The lowest BCUT2D eigenvalue weighted by molar-refractivity contribution is 0.0994. The highest BCUT2D eigenvalue weighted by Crippen LogP contribution is 2.39. The number of hydrogen-bond donors (Lipinski definition) is 2. The van der Waals surface area contributed by atoms with Gasteiger partial charge in [0.25, 0.3) is 5.91 Å². The van der Waals surface area contributed by atoms with Gasteiger partial charge in [0.2, 0.25) is 11.6 Å². The Hall–Kier alpha value is -3.07. The van der Waals surface area contributed by atoms with E-state index in [1.807, 2.05) is 6.07 Å². The van der Waals surface area contributed by atoms with Crippen molar-refractivity contribution in [3.63, 3.8) is 0 Å². The number of aromatic hydroxyl groups is 1. The molecule has 8 nitrogen and oxygen atoms in total. The molecule has 1 heterocycles. The lowest BCUT2D eigenvalue weighted by Gasteiger charge is -2.12. The number of halogens is 1. The Balaban J connectivity index is 1.98. The number of hydrogen-bond acceptors (Lipinski definition) is 6. The van der Waals surface area contributed by atoms with Gasteiger partial charge in [-0.2, -0.15) is 0 Å². The SMILES string of the molecule is COc1cc(C(=O)N=Nc2c(O)[nH]c3ccc(Br)cc23)cc(OC)c1OC. The van der Waals surface area contributed by atoms with Crippen molar-refractivity contribution in [2.24, 2.45) is 10.2 Å². The number of ether oxygens (including phenoxy) is 3. The van der Waals surface area contributed by atoms with Crippen molar-refractivity contribution in [3.8, 4) is 23.1 Å². The van der Waals surface area contributed by atoms with E-state index >= 15 is 0 Å². The molecule has 0 aliphatic carbocycles. The zero-order valence-corrected chi connectivity index (χ0v) is 16.3. The summed E-state index contributed by atoms with van der Waals surface area (Å²) >= 11 is 3.36. The number of nitrogens with zero attached hydrogens (tertiary/aromatic N) is 2. The fourth-order valence-electron chi connectivity index (χ4n) is 2.59. The average molecular weight is 434 g/mol. The van der Waals surface area contributed by atoms with Crippen molar-refractivity contribution < 1.29 is 24.1 Å². The topological polar surface area (TPSA) is 106 Å². The summed E-state index contributed by atoms with van der Waals surface area (Å²) in [6.45, 7) is 0. The predicted molar refractivity (Wildman–Crippen MR) is 103 cm³/mol. The monoisotopic (exact) mass is 433 g/mol. The minimum Gasteiger partial charge on any atom is -0.493 e. The van der Waals surface area contributed by atoms with Crippen molar-refractivity contribution in [3.05, 3.63) is 40.4 Å². The molecule has 2 N–H and O–H groups in total. The lowest BCUT2D eigenvalue weighted by atomic mass is 10.1. The molecule has 0 bridgehead atoms. The first-order valence-corrected chi connectivity index (χ1v) is 8.54. The molecule has 3 rings (SSSR count). The van der Waals surface area contributed by atoms with Crippen LogP contribution in [0.4, 0.5) is 5.69 Å². The number of carbonyl (C=O) groups excluding carboxylic acids is 1. The molecular formula is C18H16BrN3O5. The first-order valence-electron chi connectivity index (χ1n) is 7.74. The molecular weight excluding hydrogens is 418 g/mol. The third-order valence-electron chi connectivity index (χ3n) is 3.87. The molecule has 0 fully saturated rings. The van der Waals surface area contributed by atoms with Gasteiger partial charge in [0.05, 0.1) is 32.4 Å².